The molecule has 106 valence electrons. The lowest BCUT2D eigenvalue weighted by atomic mass is 9.78. The zero-order valence-corrected chi connectivity index (χ0v) is 12.1. The van der Waals surface area contributed by atoms with E-state index in [1.54, 1.807) is 0 Å². The van der Waals surface area contributed by atoms with Crippen LogP contribution in [0, 0.1) is 12.8 Å². The Morgan fingerprint density at radius 3 is 3.00 bits per heavy atom. The number of fused-ring (bicyclic) bond motifs is 2. The number of nitrogens with zero attached hydrogens (tertiary/aromatic N) is 1. The number of aromatic nitrogens is 1. The summed E-state index contributed by atoms with van der Waals surface area (Å²) in [5.41, 5.74) is 3.15. The van der Waals surface area contributed by atoms with E-state index in [-0.39, 0.29) is 0 Å². The zero-order chi connectivity index (χ0) is 13.5. The summed E-state index contributed by atoms with van der Waals surface area (Å²) in [6.45, 7) is 2.10. The van der Waals surface area contributed by atoms with Crippen LogP contribution in [0.1, 0.15) is 56.0 Å². The molecule has 3 unspecified atom stereocenters. The summed E-state index contributed by atoms with van der Waals surface area (Å²) in [6.07, 6.45) is 7.98. The predicted octanol–water partition coefficient (Wildman–Crippen LogP) is 4.12. The Morgan fingerprint density at radius 1 is 1.15 bits per heavy atom. The quantitative estimate of drug-likeness (QED) is 0.847. The highest BCUT2D eigenvalue weighted by Crippen LogP contribution is 2.37. The number of aryl methyl sites for hydroxylation is 1. The molecule has 0 amide bonds. The van der Waals surface area contributed by atoms with Crippen LogP contribution in [-0.4, -0.2) is 11.0 Å². The van der Waals surface area contributed by atoms with E-state index in [0.29, 0.717) is 12.1 Å². The summed E-state index contributed by atoms with van der Waals surface area (Å²) in [5, 5.41) is 3.79. The highest BCUT2D eigenvalue weighted by Gasteiger charge is 2.34. The smallest absolute Gasteiger partial charge is 0.212 e. The van der Waals surface area contributed by atoms with Crippen molar-refractivity contribution in [2.24, 2.45) is 5.92 Å². The highest BCUT2D eigenvalue weighted by atomic mass is 16.3. The SMILES string of the molecule is Cc1ccc2oc(C3CCC4CCCCC4N3)nc2c1. The molecule has 3 nitrogen and oxygen atoms in total. The van der Waals surface area contributed by atoms with Crippen LogP contribution >= 0.6 is 0 Å². The molecule has 20 heavy (non-hydrogen) atoms. The van der Waals surface area contributed by atoms with Crippen molar-refractivity contribution >= 4 is 11.1 Å². The van der Waals surface area contributed by atoms with Crippen LogP contribution in [0.3, 0.4) is 0 Å². The van der Waals surface area contributed by atoms with E-state index >= 15 is 0 Å². The highest BCUT2D eigenvalue weighted by molar-refractivity contribution is 5.73. The minimum absolute atomic E-state index is 0.307. The molecular formula is C17H22N2O. The first kappa shape index (κ1) is 12.4. The minimum Gasteiger partial charge on any atom is -0.439 e. The molecule has 1 saturated carbocycles. The first-order valence-corrected chi connectivity index (χ1v) is 7.93. The van der Waals surface area contributed by atoms with Crippen molar-refractivity contribution in [1.82, 2.24) is 10.3 Å². The van der Waals surface area contributed by atoms with Crippen molar-refractivity contribution in [2.75, 3.05) is 0 Å². The van der Waals surface area contributed by atoms with Crippen LogP contribution < -0.4 is 5.32 Å². The van der Waals surface area contributed by atoms with E-state index in [9.17, 15) is 0 Å². The Balaban J connectivity index is 1.59. The molecule has 1 aliphatic carbocycles. The van der Waals surface area contributed by atoms with Gasteiger partial charge in [0, 0.05) is 6.04 Å². The van der Waals surface area contributed by atoms with E-state index in [1.807, 2.05) is 6.07 Å². The second-order valence-electron chi connectivity index (χ2n) is 6.47. The third kappa shape index (κ3) is 2.14. The minimum atomic E-state index is 0.307. The van der Waals surface area contributed by atoms with Gasteiger partial charge in [0.25, 0.3) is 0 Å². The Labute approximate surface area is 119 Å². The average molecular weight is 270 g/mol. The Hall–Kier alpha value is -1.35. The van der Waals surface area contributed by atoms with E-state index in [4.69, 9.17) is 9.40 Å². The van der Waals surface area contributed by atoms with Gasteiger partial charge < -0.3 is 9.73 Å². The maximum Gasteiger partial charge on any atom is 0.212 e. The number of nitrogens with one attached hydrogen (secondary N) is 1. The summed E-state index contributed by atoms with van der Waals surface area (Å²) >= 11 is 0. The van der Waals surface area contributed by atoms with Gasteiger partial charge in [0.05, 0.1) is 6.04 Å². The Kier molecular flexibility index (Phi) is 3.03. The maximum absolute atomic E-state index is 5.97. The number of hydrogen-bond donors (Lipinski definition) is 1. The van der Waals surface area contributed by atoms with Gasteiger partial charge in [-0.15, -0.1) is 0 Å². The molecule has 1 aliphatic heterocycles. The number of benzene rings is 1. The van der Waals surface area contributed by atoms with Gasteiger partial charge in [-0.1, -0.05) is 18.9 Å². The molecule has 2 aliphatic rings. The fourth-order valence-electron chi connectivity index (χ4n) is 3.89. The number of piperidine rings is 1. The number of hydrogen-bond acceptors (Lipinski definition) is 3. The van der Waals surface area contributed by atoms with Gasteiger partial charge in [0.2, 0.25) is 5.89 Å². The normalized spacial score (nSPS) is 30.4. The van der Waals surface area contributed by atoms with Crippen molar-refractivity contribution in [3.63, 3.8) is 0 Å². The molecule has 2 aromatic rings. The molecule has 1 aromatic carbocycles. The van der Waals surface area contributed by atoms with Gasteiger partial charge in [0.1, 0.15) is 5.52 Å². The van der Waals surface area contributed by atoms with Gasteiger partial charge in [-0.3, -0.25) is 0 Å². The Morgan fingerprint density at radius 2 is 2.05 bits per heavy atom. The summed E-state index contributed by atoms with van der Waals surface area (Å²) < 4.78 is 5.97. The number of rotatable bonds is 1. The van der Waals surface area contributed by atoms with Crippen LogP contribution in [-0.2, 0) is 0 Å². The number of oxazole rings is 1. The molecule has 2 fully saturated rings. The Bertz CT molecular complexity index is 618. The van der Waals surface area contributed by atoms with E-state index in [0.717, 1.165) is 29.3 Å². The van der Waals surface area contributed by atoms with E-state index in [2.05, 4.69) is 24.4 Å². The van der Waals surface area contributed by atoms with Crippen molar-refractivity contribution in [1.29, 1.82) is 0 Å². The van der Waals surface area contributed by atoms with Crippen LogP contribution in [0.4, 0.5) is 0 Å². The predicted molar refractivity (Wildman–Crippen MR) is 79.6 cm³/mol. The van der Waals surface area contributed by atoms with Gasteiger partial charge in [-0.25, -0.2) is 4.98 Å². The lowest BCUT2D eigenvalue weighted by Gasteiger charge is -2.39. The lowest BCUT2D eigenvalue weighted by molar-refractivity contribution is 0.164. The fraction of sp³-hybridized carbons (Fsp3) is 0.588. The molecule has 3 atom stereocenters. The molecule has 2 heterocycles. The molecule has 0 radical (unpaired) electrons. The van der Waals surface area contributed by atoms with Gasteiger partial charge >= 0.3 is 0 Å². The second-order valence-corrected chi connectivity index (χ2v) is 6.47. The van der Waals surface area contributed by atoms with Gasteiger partial charge in [-0.2, -0.15) is 0 Å². The zero-order valence-electron chi connectivity index (χ0n) is 12.1. The molecule has 1 saturated heterocycles. The van der Waals surface area contributed by atoms with E-state index in [1.165, 1.54) is 37.7 Å². The molecule has 0 bridgehead atoms. The lowest BCUT2D eigenvalue weighted by Crippen LogP contribution is -2.44. The topological polar surface area (TPSA) is 38.1 Å². The summed E-state index contributed by atoms with van der Waals surface area (Å²) in [6, 6.07) is 7.21. The molecule has 4 rings (SSSR count). The molecule has 3 heteroatoms. The van der Waals surface area contributed by atoms with Crippen LogP contribution in [0.5, 0.6) is 0 Å². The average Bonchev–Trinajstić information content (AvgIpc) is 2.89. The summed E-state index contributed by atoms with van der Waals surface area (Å²) in [5.74, 6) is 1.77. The monoisotopic (exact) mass is 270 g/mol. The van der Waals surface area contributed by atoms with Crippen LogP contribution in [0.25, 0.3) is 11.1 Å². The third-order valence-corrected chi connectivity index (χ3v) is 5.01. The van der Waals surface area contributed by atoms with Crippen LogP contribution in [0.2, 0.25) is 0 Å². The first-order chi connectivity index (χ1) is 9.79. The molecule has 0 spiro atoms. The summed E-state index contributed by atoms with van der Waals surface area (Å²) in [4.78, 5) is 4.71. The second kappa shape index (κ2) is 4.88. The first-order valence-electron chi connectivity index (χ1n) is 7.93. The largest absolute Gasteiger partial charge is 0.439 e. The molecule has 1 N–H and O–H groups in total. The fourth-order valence-corrected chi connectivity index (χ4v) is 3.89. The van der Waals surface area contributed by atoms with Crippen molar-refractivity contribution in [3.8, 4) is 0 Å². The maximum atomic E-state index is 5.97. The van der Waals surface area contributed by atoms with Crippen molar-refractivity contribution in [2.45, 2.75) is 57.5 Å². The van der Waals surface area contributed by atoms with Gasteiger partial charge in [0.15, 0.2) is 5.58 Å². The third-order valence-electron chi connectivity index (χ3n) is 5.01. The van der Waals surface area contributed by atoms with Gasteiger partial charge in [-0.05, 0) is 56.2 Å². The molecular weight excluding hydrogens is 248 g/mol. The van der Waals surface area contributed by atoms with Crippen LogP contribution in [0.15, 0.2) is 22.6 Å². The molecule has 1 aromatic heterocycles. The summed E-state index contributed by atoms with van der Waals surface area (Å²) in [7, 11) is 0. The standard InChI is InChI=1S/C17H22N2O/c1-11-6-9-16-15(10-11)19-17(20-16)14-8-7-12-4-2-3-5-13(12)18-14/h6,9-10,12-14,18H,2-5,7-8H2,1H3. The van der Waals surface area contributed by atoms with Crippen molar-refractivity contribution in [3.05, 3.63) is 29.7 Å². The van der Waals surface area contributed by atoms with E-state index < -0.39 is 0 Å². The van der Waals surface area contributed by atoms with Crippen molar-refractivity contribution < 1.29 is 4.42 Å².